The van der Waals surface area contributed by atoms with Gasteiger partial charge in [0.05, 0.1) is 0 Å². The summed E-state index contributed by atoms with van der Waals surface area (Å²) in [5.74, 6) is 0. The Hall–Kier alpha value is -0.146. The van der Waals surface area contributed by atoms with E-state index in [9.17, 15) is 26.3 Å². The molecular formula is C20H38F6O4Si2. The molecule has 0 saturated heterocycles. The van der Waals surface area contributed by atoms with E-state index in [2.05, 4.69) is 13.1 Å². The van der Waals surface area contributed by atoms with Gasteiger partial charge in [0.15, 0.2) is 0 Å². The van der Waals surface area contributed by atoms with E-state index in [1.807, 2.05) is 14.2 Å². The Morgan fingerprint density at radius 2 is 0.938 bits per heavy atom. The van der Waals surface area contributed by atoms with Gasteiger partial charge in [0.1, 0.15) is 0 Å². The lowest BCUT2D eigenvalue weighted by Gasteiger charge is -2.44. The molecular weight excluding hydrogens is 474 g/mol. The molecule has 12 heteroatoms. The fourth-order valence-electron chi connectivity index (χ4n) is 4.40. The number of rotatable bonds is 6. The summed E-state index contributed by atoms with van der Waals surface area (Å²) in [6.45, 7) is 4.24. The second-order valence-corrected chi connectivity index (χ2v) is 16.6. The smallest absolute Gasteiger partial charge is 0.414 e. The monoisotopic (exact) mass is 512 g/mol. The van der Waals surface area contributed by atoms with Crippen molar-refractivity contribution >= 4 is 17.1 Å². The molecule has 0 spiro atoms. The van der Waals surface area contributed by atoms with Crippen molar-refractivity contribution in [2.75, 3.05) is 14.2 Å². The first-order valence-electron chi connectivity index (χ1n) is 11.2. The van der Waals surface area contributed by atoms with Gasteiger partial charge in [-0.3, -0.25) is 0 Å². The first-order chi connectivity index (χ1) is 14.5. The molecule has 0 amide bonds. The van der Waals surface area contributed by atoms with Crippen LogP contribution < -0.4 is 0 Å². The lowest BCUT2D eigenvalue weighted by atomic mass is 10.0. The zero-order valence-corrected chi connectivity index (χ0v) is 21.7. The molecule has 2 saturated carbocycles. The van der Waals surface area contributed by atoms with Gasteiger partial charge < -0.3 is 18.1 Å². The van der Waals surface area contributed by atoms with Crippen molar-refractivity contribution in [2.24, 2.45) is 0 Å². The summed E-state index contributed by atoms with van der Waals surface area (Å²) in [4.78, 5) is 0. The third-order valence-electron chi connectivity index (χ3n) is 7.01. The van der Waals surface area contributed by atoms with Gasteiger partial charge in [-0.1, -0.05) is 38.5 Å². The third kappa shape index (κ3) is 7.43. The average molecular weight is 513 g/mol. The summed E-state index contributed by atoms with van der Waals surface area (Å²) < 4.78 is 87.1. The number of halogens is 6. The molecule has 0 aliphatic heterocycles. The van der Waals surface area contributed by atoms with Crippen LogP contribution in [0, 0.1) is 0 Å². The Balaban J connectivity index is 0.000000396. The van der Waals surface area contributed by atoms with E-state index in [1.54, 1.807) is 0 Å². The molecule has 2 atom stereocenters. The molecule has 192 valence electrons. The highest BCUT2D eigenvalue weighted by atomic mass is 28.5. The van der Waals surface area contributed by atoms with E-state index in [4.69, 9.17) is 18.1 Å². The molecule has 0 aromatic carbocycles. The Kier molecular flexibility index (Phi) is 10.8. The first kappa shape index (κ1) is 29.9. The number of hydrogen-bond donors (Lipinski definition) is 1. The van der Waals surface area contributed by atoms with Crippen LogP contribution >= 0.6 is 0 Å². The van der Waals surface area contributed by atoms with E-state index in [1.165, 1.54) is 64.2 Å². The van der Waals surface area contributed by atoms with Crippen LogP contribution in [0.5, 0.6) is 0 Å². The van der Waals surface area contributed by atoms with Crippen molar-refractivity contribution in [3.05, 3.63) is 0 Å². The van der Waals surface area contributed by atoms with Gasteiger partial charge in [-0.05, 0) is 45.7 Å². The average Bonchev–Trinajstić information content (AvgIpc) is 2.73. The van der Waals surface area contributed by atoms with Gasteiger partial charge in [0.2, 0.25) is 0 Å². The van der Waals surface area contributed by atoms with Crippen molar-refractivity contribution in [3.8, 4) is 0 Å². The zero-order valence-electron chi connectivity index (χ0n) is 19.7. The summed E-state index contributed by atoms with van der Waals surface area (Å²) >= 11 is 0. The van der Waals surface area contributed by atoms with Crippen molar-refractivity contribution in [1.29, 1.82) is 0 Å². The predicted octanol–water partition coefficient (Wildman–Crippen LogP) is 6.97. The van der Waals surface area contributed by atoms with Gasteiger partial charge in [-0.25, -0.2) is 0 Å². The van der Waals surface area contributed by atoms with Gasteiger partial charge in [0, 0.05) is 25.3 Å². The lowest BCUT2D eigenvalue weighted by molar-refractivity contribution is -0.360. The fourth-order valence-corrected chi connectivity index (χ4v) is 13.2. The molecule has 2 rings (SSSR count). The molecule has 0 bridgehead atoms. The Morgan fingerprint density at radius 1 is 0.656 bits per heavy atom. The summed E-state index contributed by atoms with van der Waals surface area (Å²) in [5.41, 5.74) is -3.32. The fraction of sp³-hybridized carbons (Fsp3) is 1.00. The van der Waals surface area contributed by atoms with Gasteiger partial charge in [-0.2, -0.15) is 26.3 Å². The normalized spacial score (nSPS) is 23.6. The van der Waals surface area contributed by atoms with Crippen LogP contribution in [0.1, 0.15) is 71.1 Å². The molecule has 1 N–H and O–H groups in total. The van der Waals surface area contributed by atoms with Crippen molar-refractivity contribution in [2.45, 2.75) is 113 Å². The second kappa shape index (κ2) is 11.5. The standard InChI is InChI=1S/C16H34O3Si2.C4H4F6O/c1-17-20(3,15-11-7-5-8-12-15)19-21(4,18-2)16-13-9-6-10-14-16;1-2(11,3(5,6)7)4(8,9)10/h15-16H,5-14H2,1-4H3;11H,1H3. The quantitative estimate of drug-likeness (QED) is 0.308. The highest BCUT2D eigenvalue weighted by Crippen LogP contribution is 2.44. The Labute approximate surface area is 189 Å². The molecule has 0 heterocycles. The van der Waals surface area contributed by atoms with Crippen molar-refractivity contribution < 1.29 is 44.4 Å². The van der Waals surface area contributed by atoms with Crippen LogP contribution in [-0.2, 0) is 13.0 Å². The maximum absolute atomic E-state index is 11.4. The van der Waals surface area contributed by atoms with Crippen LogP contribution in [0.3, 0.4) is 0 Å². The number of hydrogen-bond acceptors (Lipinski definition) is 4. The minimum atomic E-state index is -5.69. The second-order valence-electron chi connectivity index (χ2n) is 9.28. The van der Waals surface area contributed by atoms with Crippen LogP contribution in [0.4, 0.5) is 26.3 Å². The molecule has 2 unspecified atom stereocenters. The van der Waals surface area contributed by atoms with E-state index in [-0.39, 0.29) is 6.92 Å². The van der Waals surface area contributed by atoms with E-state index in [0.717, 1.165) is 0 Å². The molecule has 0 aromatic rings. The Morgan fingerprint density at radius 3 is 1.12 bits per heavy atom. The van der Waals surface area contributed by atoms with E-state index < -0.39 is 35.1 Å². The molecule has 2 aliphatic rings. The van der Waals surface area contributed by atoms with Gasteiger partial charge >= 0.3 is 29.5 Å². The lowest BCUT2D eigenvalue weighted by Crippen LogP contribution is -2.56. The summed E-state index contributed by atoms with van der Waals surface area (Å²) in [6, 6.07) is 0. The molecule has 2 fully saturated rings. The number of aliphatic hydroxyl groups is 1. The molecule has 32 heavy (non-hydrogen) atoms. The molecule has 0 aromatic heterocycles. The SMILES string of the molecule is CC(O)(C(F)(F)F)C(F)(F)F.CO[Si](C)(O[Si](C)(OC)C1CCCCC1)C1CCCCC1. The van der Waals surface area contributed by atoms with Crippen molar-refractivity contribution in [1.82, 2.24) is 0 Å². The van der Waals surface area contributed by atoms with Gasteiger partial charge in [-0.15, -0.1) is 0 Å². The summed E-state index contributed by atoms with van der Waals surface area (Å²) in [5, 5.41) is 7.94. The van der Waals surface area contributed by atoms with Crippen LogP contribution in [0.15, 0.2) is 0 Å². The largest absolute Gasteiger partial charge is 0.425 e. The topological polar surface area (TPSA) is 47.9 Å². The van der Waals surface area contributed by atoms with Crippen LogP contribution in [-0.4, -0.2) is 54.4 Å². The maximum atomic E-state index is 11.4. The minimum Gasteiger partial charge on any atom is -0.414 e. The summed E-state index contributed by atoms with van der Waals surface area (Å²) in [7, 11) is -0.518. The molecule has 2 aliphatic carbocycles. The van der Waals surface area contributed by atoms with Crippen molar-refractivity contribution in [3.63, 3.8) is 0 Å². The Bertz CT molecular complexity index is 517. The van der Waals surface area contributed by atoms with E-state index in [0.29, 0.717) is 11.1 Å². The highest BCUT2D eigenvalue weighted by molar-refractivity contribution is 6.81. The highest BCUT2D eigenvalue weighted by Gasteiger charge is 2.67. The summed E-state index contributed by atoms with van der Waals surface area (Å²) in [6.07, 6.45) is 1.90. The predicted molar refractivity (Wildman–Crippen MR) is 115 cm³/mol. The molecule has 4 nitrogen and oxygen atoms in total. The van der Waals surface area contributed by atoms with Gasteiger partial charge in [0.25, 0.3) is 5.60 Å². The zero-order chi connectivity index (χ0) is 24.8. The minimum absolute atomic E-state index is 0.340. The van der Waals surface area contributed by atoms with E-state index >= 15 is 0 Å². The third-order valence-corrected chi connectivity index (χ3v) is 16.0. The van der Waals surface area contributed by atoms with Crippen LogP contribution in [0.2, 0.25) is 24.2 Å². The molecule has 0 radical (unpaired) electrons. The van der Waals surface area contributed by atoms with Crippen LogP contribution in [0.25, 0.3) is 0 Å². The maximum Gasteiger partial charge on any atom is 0.425 e. The number of alkyl halides is 6. The first-order valence-corrected chi connectivity index (χ1v) is 16.0.